The lowest BCUT2D eigenvalue weighted by atomic mass is 10.2. The van der Waals surface area contributed by atoms with Gasteiger partial charge < -0.3 is 4.90 Å². The van der Waals surface area contributed by atoms with E-state index in [1.807, 2.05) is 6.92 Å². The summed E-state index contributed by atoms with van der Waals surface area (Å²) in [6.07, 6.45) is 1.54. The predicted molar refractivity (Wildman–Crippen MR) is 57.9 cm³/mol. The molecule has 0 spiro atoms. The van der Waals surface area contributed by atoms with E-state index in [9.17, 15) is 4.79 Å². The summed E-state index contributed by atoms with van der Waals surface area (Å²) in [6, 6.07) is 0. The zero-order chi connectivity index (χ0) is 11.4. The van der Waals surface area contributed by atoms with Crippen LogP contribution in [0.2, 0.25) is 0 Å². The number of amides is 1. The maximum Gasteiger partial charge on any atom is 0.250 e. The van der Waals surface area contributed by atoms with E-state index in [4.69, 9.17) is 5.53 Å². The number of nitrogens with zero attached hydrogens (tertiary/aromatic N) is 4. The van der Waals surface area contributed by atoms with Gasteiger partial charge in [-0.15, -0.1) is 0 Å². The van der Waals surface area contributed by atoms with Gasteiger partial charge in [0, 0.05) is 17.0 Å². The molecule has 1 heterocycles. The molecule has 0 aliphatic carbocycles. The number of unbranched alkanes of at least 4 members (excludes halogenated alkanes) is 1. The van der Waals surface area contributed by atoms with Crippen LogP contribution in [0.3, 0.4) is 0 Å². The van der Waals surface area contributed by atoms with Gasteiger partial charge in [0.25, 0.3) is 0 Å². The van der Waals surface area contributed by atoms with Crippen molar-refractivity contribution in [2.75, 3.05) is 6.54 Å². The Hall–Kier alpha value is -1.48. The zero-order valence-electron chi connectivity index (χ0n) is 9.40. The van der Waals surface area contributed by atoms with Crippen LogP contribution in [0.5, 0.6) is 0 Å². The molecule has 1 aliphatic heterocycles. The van der Waals surface area contributed by atoms with Crippen LogP contribution in [-0.2, 0) is 4.79 Å². The summed E-state index contributed by atoms with van der Waals surface area (Å²) >= 11 is 0. The summed E-state index contributed by atoms with van der Waals surface area (Å²) in [4.78, 5) is 16.2. The number of rotatable bonds is 4. The number of hydrogen-bond donors (Lipinski definition) is 0. The molecule has 0 aromatic carbocycles. The number of hydrogen-bond acceptors (Lipinski definition) is 2. The summed E-state index contributed by atoms with van der Waals surface area (Å²) in [5.74, 6) is -0.00153. The highest BCUT2D eigenvalue weighted by Gasteiger charge is 2.33. The lowest BCUT2D eigenvalue weighted by Gasteiger charge is -2.22. The first kappa shape index (κ1) is 11.6. The minimum Gasteiger partial charge on any atom is -0.326 e. The fourth-order valence-electron chi connectivity index (χ4n) is 1.67. The Morgan fingerprint density at radius 3 is 2.73 bits per heavy atom. The maximum absolute atomic E-state index is 11.8. The first-order valence-electron chi connectivity index (χ1n) is 5.16. The van der Waals surface area contributed by atoms with Gasteiger partial charge in [0.2, 0.25) is 5.91 Å². The van der Waals surface area contributed by atoms with Gasteiger partial charge in [-0.3, -0.25) is 4.79 Å². The first-order valence-corrected chi connectivity index (χ1v) is 5.16. The van der Waals surface area contributed by atoms with E-state index in [1.54, 1.807) is 11.8 Å². The van der Waals surface area contributed by atoms with Crippen LogP contribution >= 0.6 is 0 Å². The molecule has 0 fully saturated rings. The largest absolute Gasteiger partial charge is 0.326 e. The third-order valence-corrected chi connectivity index (χ3v) is 2.77. The van der Waals surface area contributed by atoms with E-state index in [1.165, 1.54) is 0 Å². The Kier molecular flexibility index (Phi) is 3.74. The Morgan fingerprint density at radius 1 is 1.53 bits per heavy atom. The Morgan fingerprint density at radius 2 is 2.20 bits per heavy atom. The Labute approximate surface area is 89.4 Å². The van der Waals surface area contributed by atoms with Gasteiger partial charge in [0.05, 0.1) is 0 Å². The second-order valence-electron chi connectivity index (χ2n) is 3.74. The molecule has 0 aromatic rings. The standard InChI is InChI=1S/C10H16N4O/c1-4-5-6-14-9(12-13-11)7(2)8(3)10(14)15/h9H,4-6H2,1-3H3/t9-/m1/s1. The average molecular weight is 208 g/mol. The van der Waals surface area contributed by atoms with Crippen molar-refractivity contribution >= 4 is 5.91 Å². The van der Waals surface area contributed by atoms with E-state index < -0.39 is 6.17 Å². The molecule has 0 aromatic heterocycles. The third kappa shape index (κ3) is 2.13. The van der Waals surface area contributed by atoms with E-state index >= 15 is 0 Å². The average Bonchev–Trinajstić information content (AvgIpc) is 2.42. The molecule has 0 saturated carbocycles. The maximum atomic E-state index is 11.8. The first-order chi connectivity index (χ1) is 7.13. The van der Waals surface area contributed by atoms with Crippen molar-refractivity contribution in [3.63, 3.8) is 0 Å². The monoisotopic (exact) mass is 208 g/mol. The molecule has 0 unspecified atom stereocenters. The van der Waals surface area contributed by atoms with Crippen molar-refractivity contribution in [1.29, 1.82) is 0 Å². The lowest BCUT2D eigenvalue weighted by Crippen LogP contribution is -2.34. The predicted octanol–water partition coefficient (Wildman–Crippen LogP) is 2.60. The molecular formula is C10H16N4O. The minimum atomic E-state index is -0.408. The van der Waals surface area contributed by atoms with Crippen LogP contribution in [-0.4, -0.2) is 23.5 Å². The second-order valence-corrected chi connectivity index (χ2v) is 3.74. The molecule has 1 rings (SSSR count). The fraction of sp³-hybridized carbons (Fsp3) is 0.700. The molecular weight excluding hydrogens is 192 g/mol. The van der Waals surface area contributed by atoms with Crippen molar-refractivity contribution in [3.05, 3.63) is 21.6 Å². The smallest absolute Gasteiger partial charge is 0.250 e. The van der Waals surface area contributed by atoms with Crippen molar-refractivity contribution in [2.45, 2.75) is 39.8 Å². The zero-order valence-corrected chi connectivity index (χ0v) is 9.40. The SMILES string of the molecule is CCCCN1C(=O)C(C)=C(C)[C@@H]1N=[N+]=[N-]. The van der Waals surface area contributed by atoms with Gasteiger partial charge in [0.1, 0.15) is 6.17 Å². The molecule has 0 N–H and O–H groups in total. The van der Waals surface area contributed by atoms with Crippen molar-refractivity contribution in [3.8, 4) is 0 Å². The summed E-state index contributed by atoms with van der Waals surface area (Å²) in [6.45, 7) is 6.35. The van der Waals surface area contributed by atoms with Crippen molar-refractivity contribution in [2.24, 2.45) is 5.11 Å². The van der Waals surface area contributed by atoms with Gasteiger partial charge in [-0.2, -0.15) is 0 Å². The molecule has 0 radical (unpaired) electrons. The molecule has 5 nitrogen and oxygen atoms in total. The molecule has 0 saturated heterocycles. The van der Waals surface area contributed by atoms with Crippen LogP contribution in [0.4, 0.5) is 0 Å². The highest BCUT2D eigenvalue weighted by molar-refractivity contribution is 5.96. The molecule has 1 atom stereocenters. The second kappa shape index (κ2) is 4.84. The molecule has 1 amide bonds. The molecule has 15 heavy (non-hydrogen) atoms. The van der Waals surface area contributed by atoms with Gasteiger partial charge in [-0.25, -0.2) is 0 Å². The lowest BCUT2D eigenvalue weighted by molar-refractivity contribution is -0.126. The Balaban J connectivity index is 2.88. The number of azide groups is 1. The normalized spacial score (nSPS) is 20.9. The topological polar surface area (TPSA) is 69.1 Å². The minimum absolute atomic E-state index is 0.00153. The van der Waals surface area contributed by atoms with E-state index in [0.29, 0.717) is 12.1 Å². The summed E-state index contributed by atoms with van der Waals surface area (Å²) < 4.78 is 0. The van der Waals surface area contributed by atoms with Gasteiger partial charge >= 0.3 is 0 Å². The van der Waals surface area contributed by atoms with Gasteiger partial charge in [0.15, 0.2) is 0 Å². The van der Waals surface area contributed by atoms with Crippen LogP contribution in [0, 0.1) is 0 Å². The van der Waals surface area contributed by atoms with Crippen LogP contribution in [0.1, 0.15) is 33.6 Å². The van der Waals surface area contributed by atoms with Crippen LogP contribution in [0.15, 0.2) is 16.3 Å². The number of carbonyl (C=O) groups excluding carboxylic acids is 1. The number of carbonyl (C=O) groups is 1. The van der Waals surface area contributed by atoms with Crippen molar-refractivity contribution < 1.29 is 4.79 Å². The van der Waals surface area contributed by atoms with Crippen molar-refractivity contribution in [1.82, 2.24) is 4.90 Å². The van der Waals surface area contributed by atoms with E-state index in [0.717, 1.165) is 18.4 Å². The highest BCUT2D eigenvalue weighted by Crippen LogP contribution is 2.26. The van der Waals surface area contributed by atoms with Crippen LogP contribution < -0.4 is 0 Å². The van der Waals surface area contributed by atoms with Gasteiger partial charge in [-0.1, -0.05) is 18.5 Å². The third-order valence-electron chi connectivity index (χ3n) is 2.77. The molecule has 0 bridgehead atoms. The summed E-state index contributed by atoms with van der Waals surface area (Å²) in [5.41, 5.74) is 10.0. The quantitative estimate of drug-likeness (QED) is 0.397. The van der Waals surface area contributed by atoms with E-state index in [-0.39, 0.29) is 5.91 Å². The highest BCUT2D eigenvalue weighted by atomic mass is 16.2. The van der Waals surface area contributed by atoms with Gasteiger partial charge in [-0.05, 0) is 31.4 Å². The summed E-state index contributed by atoms with van der Waals surface area (Å²) in [7, 11) is 0. The molecule has 5 heteroatoms. The van der Waals surface area contributed by atoms with E-state index in [2.05, 4.69) is 16.9 Å². The molecule has 1 aliphatic rings. The Bertz CT molecular complexity index is 341. The molecule has 82 valence electrons. The summed E-state index contributed by atoms with van der Waals surface area (Å²) in [5, 5.41) is 3.67. The fourth-order valence-corrected chi connectivity index (χ4v) is 1.67. The van der Waals surface area contributed by atoms with Crippen LogP contribution in [0.25, 0.3) is 10.4 Å².